The van der Waals surface area contributed by atoms with Crippen LogP contribution in [0.2, 0.25) is 0 Å². The number of rotatable bonds is 5. The van der Waals surface area contributed by atoms with Crippen LogP contribution in [0.4, 0.5) is 0 Å². The lowest BCUT2D eigenvalue weighted by Crippen LogP contribution is -2.22. The number of nitrogens with one attached hydrogen (secondary N) is 2. The third-order valence-corrected chi connectivity index (χ3v) is 3.68. The second-order valence-corrected chi connectivity index (χ2v) is 5.32. The van der Waals surface area contributed by atoms with Crippen molar-refractivity contribution in [1.82, 2.24) is 14.9 Å². The number of aromatic nitrogens is 2. The van der Waals surface area contributed by atoms with Gasteiger partial charge in [0.2, 0.25) is 5.91 Å². The van der Waals surface area contributed by atoms with Gasteiger partial charge in [0.15, 0.2) is 0 Å². The third kappa shape index (κ3) is 3.16. The van der Waals surface area contributed by atoms with Crippen LogP contribution in [0.1, 0.15) is 17.5 Å². The number of H-pyrrole nitrogens is 1. The van der Waals surface area contributed by atoms with Gasteiger partial charge in [0.25, 0.3) is 0 Å². The fourth-order valence-corrected chi connectivity index (χ4v) is 2.54. The molecule has 4 heteroatoms. The van der Waals surface area contributed by atoms with Crippen LogP contribution in [0.15, 0.2) is 48.9 Å². The molecule has 0 saturated heterocycles. The average Bonchev–Trinajstić information content (AvgIpc) is 3.09. The van der Waals surface area contributed by atoms with Crippen molar-refractivity contribution in [2.45, 2.75) is 19.4 Å². The van der Waals surface area contributed by atoms with E-state index in [2.05, 4.69) is 16.4 Å². The second-order valence-electron chi connectivity index (χ2n) is 5.32. The van der Waals surface area contributed by atoms with Crippen molar-refractivity contribution in [3.8, 4) is 0 Å². The molecule has 0 aliphatic rings. The van der Waals surface area contributed by atoms with Gasteiger partial charge in [0.1, 0.15) is 0 Å². The number of aryl methyl sites for hydroxylation is 2. The molecule has 2 heterocycles. The van der Waals surface area contributed by atoms with Crippen LogP contribution in [0.3, 0.4) is 0 Å². The van der Waals surface area contributed by atoms with Gasteiger partial charge in [-0.25, -0.2) is 0 Å². The maximum absolute atomic E-state index is 11.9. The van der Waals surface area contributed by atoms with Crippen molar-refractivity contribution in [2.75, 3.05) is 0 Å². The number of carbonyl (C=O) groups excluding carboxylic acids is 1. The minimum absolute atomic E-state index is 0.0872. The Balaban J connectivity index is 1.54. The van der Waals surface area contributed by atoms with Gasteiger partial charge in [-0.2, -0.15) is 0 Å². The summed E-state index contributed by atoms with van der Waals surface area (Å²) in [6, 6.07) is 10.2. The first-order chi connectivity index (χ1) is 10.2. The van der Waals surface area contributed by atoms with E-state index in [0.29, 0.717) is 13.0 Å². The molecule has 108 valence electrons. The largest absolute Gasteiger partial charge is 0.361 e. The number of hydrogen-bond donors (Lipinski definition) is 2. The molecular weight excluding hydrogens is 262 g/mol. The maximum Gasteiger partial charge on any atom is 0.220 e. The van der Waals surface area contributed by atoms with E-state index < -0.39 is 0 Å². The molecule has 0 bridgehead atoms. The van der Waals surface area contributed by atoms with Crippen LogP contribution in [0, 0.1) is 0 Å². The van der Waals surface area contributed by atoms with Gasteiger partial charge >= 0.3 is 0 Å². The Labute approximate surface area is 123 Å². The number of aromatic amines is 1. The predicted molar refractivity (Wildman–Crippen MR) is 83.9 cm³/mol. The van der Waals surface area contributed by atoms with E-state index in [1.54, 1.807) is 0 Å². The number of carbonyl (C=O) groups is 1. The normalized spacial score (nSPS) is 10.9. The van der Waals surface area contributed by atoms with Crippen LogP contribution >= 0.6 is 0 Å². The first kappa shape index (κ1) is 13.5. The van der Waals surface area contributed by atoms with Crippen molar-refractivity contribution in [2.24, 2.45) is 7.05 Å². The molecule has 0 aliphatic carbocycles. The number of fused-ring (bicyclic) bond motifs is 1. The summed E-state index contributed by atoms with van der Waals surface area (Å²) in [6.45, 7) is 0.591. The fraction of sp³-hybridized carbons (Fsp3) is 0.235. The van der Waals surface area contributed by atoms with Gasteiger partial charge in [0.05, 0.1) is 0 Å². The standard InChI is InChI=1S/C17H19N3O/c1-20-9-8-13(12-20)10-19-17(21)7-6-14-11-18-16-5-3-2-4-15(14)16/h2-5,8-9,11-12,18H,6-7,10H2,1H3,(H,19,21). The Morgan fingerprint density at radius 3 is 2.95 bits per heavy atom. The van der Waals surface area contributed by atoms with E-state index >= 15 is 0 Å². The summed E-state index contributed by atoms with van der Waals surface area (Å²) in [6.07, 6.45) is 7.25. The number of amides is 1. The Kier molecular flexibility index (Phi) is 3.77. The summed E-state index contributed by atoms with van der Waals surface area (Å²) in [4.78, 5) is 15.2. The molecule has 1 aromatic carbocycles. The Morgan fingerprint density at radius 2 is 2.14 bits per heavy atom. The molecule has 2 aromatic heterocycles. The zero-order valence-electron chi connectivity index (χ0n) is 12.1. The van der Waals surface area contributed by atoms with Crippen LogP contribution in [0.25, 0.3) is 10.9 Å². The zero-order chi connectivity index (χ0) is 14.7. The molecule has 21 heavy (non-hydrogen) atoms. The molecule has 4 nitrogen and oxygen atoms in total. The summed E-state index contributed by atoms with van der Waals surface area (Å²) in [7, 11) is 1.97. The lowest BCUT2D eigenvalue weighted by molar-refractivity contribution is -0.121. The molecule has 0 atom stereocenters. The van der Waals surface area contributed by atoms with Gasteiger partial charge < -0.3 is 14.9 Å². The topological polar surface area (TPSA) is 49.8 Å². The van der Waals surface area contributed by atoms with E-state index in [1.807, 2.05) is 54.5 Å². The number of para-hydroxylation sites is 1. The van der Waals surface area contributed by atoms with Gasteiger partial charge in [-0.3, -0.25) is 4.79 Å². The highest BCUT2D eigenvalue weighted by Crippen LogP contribution is 2.18. The second kappa shape index (κ2) is 5.87. The lowest BCUT2D eigenvalue weighted by Gasteiger charge is -2.03. The predicted octanol–water partition coefficient (Wildman–Crippen LogP) is 2.76. The number of benzene rings is 1. The first-order valence-electron chi connectivity index (χ1n) is 7.15. The van der Waals surface area contributed by atoms with E-state index in [0.717, 1.165) is 17.5 Å². The van der Waals surface area contributed by atoms with Crippen molar-refractivity contribution in [3.63, 3.8) is 0 Å². The van der Waals surface area contributed by atoms with E-state index in [9.17, 15) is 4.79 Å². The van der Waals surface area contributed by atoms with Crippen LogP contribution < -0.4 is 5.32 Å². The molecular formula is C17H19N3O. The van der Waals surface area contributed by atoms with Gasteiger partial charge in [-0.15, -0.1) is 0 Å². The number of hydrogen-bond acceptors (Lipinski definition) is 1. The summed E-state index contributed by atoms with van der Waals surface area (Å²) in [5, 5.41) is 4.16. The van der Waals surface area contributed by atoms with E-state index in [4.69, 9.17) is 0 Å². The summed E-state index contributed by atoms with van der Waals surface area (Å²) in [5.41, 5.74) is 3.44. The molecule has 0 aliphatic heterocycles. The quantitative estimate of drug-likeness (QED) is 0.742. The highest BCUT2D eigenvalue weighted by Gasteiger charge is 2.06. The smallest absolute Gasteiger partial charge is 0.220 e. The Morgan fingerprint density at radius 1 is 1.29 bits per heavy atom. The minimum atomic E-state index is 0.0872. The molecule has 0 unspecified atom stereocenters. The van der Waals surface area contributed by atoms with Gasteiger partial charge in [-0.1, -0.05) is 18.2 Å². The maximum atomic E-state index is 11.9. The van der Waals surface area contributed by atoms with Crippen LogP contribution in [-0.4, -0.2) is 15.5 Å². The van der Waals surface area contributed by atoms with Crippen molar-refractivity contribution < 1.29 is 4.79 Å². The highest BCUT2D eigenvalue weighted by atomic mass is 16.1. The van der Waals surface area contributed by atoms with Gasteiger partial charge in [-0.05, 0) is 29.7 Å². The molecule has 3 aromatic rings. The Hall–Kier alpha value is -2.49. The number of nitrogens with zero attached hydrogens (tertiary/aromatic N) is 1. The van der Waals surface area contributed by atoms with Crippen molar-refractivity contribution in [3.05, 3.63) is 60.0 Å². The summed E-state index contributed by atoms with van der Waals surface area (Å²) in [5.74, 6) is 0.0872. The van der Waals surface area contributed by atoms with Crippen LogP contribution in [0.5, 0.6) is 0 Å². The Bertz CT molecular complexity index is 754. The average molecular weight is 281 g/mol. The first-order valence-corrected chi connectivity index (χ1v) is 7.15. The van der Waals surface area contributed by atoms with E-state index in [-0.39, 0.29) is 5.91 Å². The minimum Gasteiger partial charge on any atom is -0.361 e. The highest BCUT2D eigenvalue weighted by molar-refractivity contribution is 5.84. The summed E-state index contributed by atoms with van der Waals surface area (Å²) < 4.78 is 1.98. The molecule has 0 saturated carbocycles. The third-order valence-electron chi connectivity index (χ3n) is 3.68. The molecule has 0 fully saturated rings. The van der Waals surface area contributed by atoms with E-state index in [1.165, 1.54) is 10.9 Å². The summed E-state index contributed by atoms with van der Waals surface area (Å²) >= 11 is 0. The zero-order valence-corrected chi connectivity index (χ0v) is 12.1. The molecule has 0 radical (unpaired) electrons. The lowest BCUT2D eigenvalue weighted by atomic mass is 10.1. The van der Waals surface area contributed by atoms with Crippen molar-refractivity contribution >= 4 is 16.8 Å². The SMILES string of the molecule is Cn1ccc(CNC(=O)CCc2c[nH]c3ccccc23)c1. The van der Waals surface area contributed by atoms with Gasteiger partial charge in [0, 0.05) is 49.5 Å². The monoisotopic (exact) mass is 281 g/mol. The fourth-order valence-electron chi connectivity index (χ4n) is 2.54. The van der Waals surface area contributed by atoms with Crippen molar-refractivity contribution in [1.29, 1.82) is 0 Å². The molecule has 0 spiro atoms. The van der Waals surface area contributed by atoms with Crippen LogP contribution in [-0.2, 0) is 24.8 Å². The molecule has 1 amide bonds. The molecule has 3 rings (SSSR count). The molecule has 2 N–H and O–H groups in total.